The number of rotatable bonds is 2. The van der Waals surface area contributed by atoms with Gasteiger partial charge in [0.25, 0.3) is 0 Å². The van der Waals surface area contributed by atoms with Gasteiger partial charge in [-0.15, -0.1) is 0 Å². The number of H-pyrrole nitrogens is 1. The van der Waals surface area contributed by atoms with Gasteiger partial charge in [-0.25, -0.2) is 9.78 Å². The highest BCUT2D eigenvalue weighted by atomic mass is 16.4. The molecule has 0 aliphatic heterocycles. The lowest BCUT2D eigenvalue weighted by Gasteiger charge is -2.05. The fourth-order valence-corrected chi connectivity index (χ4v) is 1.47. The van der Waals surface area contributed by atoms with Crippen molar-refractivity contribution in [3.05, 3.63) is 29.6 Å². The second-order valence-corrected chi connectivity index (χ2v) is 3.31. The Morgan fingerprint density at radius 1 is 1.67 bits per heavy atom. The van der Waals surface area contributed by atoms with E-state index in [2.05, 4.69) is 15.3 Å². The van der Waals surface area contributed by atoms with Crippen molar-refractivity contribution in [2.24, 2.45) is 0 Å². The van der Waals surface area contributed by atoms with E-state index in [4.69, 9.17) is 5.11 Å². The molecule has 0 aliphatic carbocycles. The van der Waals surface area contributed by atoms with Gasteiger partial charge in [-0.3, -0.25) is 0 Å². The molecule has 0 spiro atoms. The molecule has 1 amide bonds. The second-order valence-electron chi connectivity index (χ2n) is 3.31. The van der Waals surface area contributed by atoms with Crippen LogP contribution < -0.4 is 5.32 Å². The number of hydrogen-bond donors (Lipinski definition) is 3. The molecular weight excluding hydrogens is 194 g/mol. The molecule has 15 heavy (non-hydrogen) atoms. The number of fused-ring (bicyclic) bond motifs is 1. The van der Waals surface area contributed by atoms with Gasteiger partial charge in [0, 0.05) is 23.8 Å². The summed E-state index contributed by atoms with van der Waals surface area (Å²) in [5.74, 6) is 0. The molecule has 5 nitrogen and oxygen atoms in total. The topological polar surface area (TPSA) is 78.0 Å². The van der Waals surface area contributed by atoms with Crippen molar-refractivity contribution in [1.82, 2.24) is 15.3 Å². The van der Waals surface area contributed by atoms with Crippen LogP contribution in [0.4, 0.5) is 4.79 Å². The monoisotopic (exact) mass is 205 g/mol. The van der Waals surface area contributed by atoms with Crippen LogP contribution in [0.15, 0.2) is 18.3 Å². The van der Waals surface area contributed by atoms with Crippen molar-refractivity contribution in [3.8, 4) is 0 Å². The molecule has 2 heterocycles. The van der Waals surface area contributed by atoms with Crippen molar-refractivity contribution >= 4 is 17.1 Å². The molecule has 0 fully saturated rings. The minimum absolute atomic E-state index is 0.287. The van der Waals surface area contributed by atoms with E-state index in [0.717, 1.165) is 22.3 Å². The van der Waals surface area contributed by atoms with Crippen LogP contribution in [0.3, 0.4) is 0 Å². The van der Waals surface area contributed by atoms with E-state index in [1.165, 1.54) is 0 Å². The summed E-state index contributed by atoms with van der Waals surface area (Å²) in [6, 6.07) is 3.84. The normalized spacial score (nSPS) is 10.5. The molecule has 0 atom stereocenters. The van der Waals surface area contributed by atoms with E-state index < -0.39 is 6.09 Å². The van der Waals surface area contributed by atoms with E-state index in [1.807, 2.05) is 25.3 Å². The standard InChI is InChI=1S/C10H11N3O2/c1-6-8(5-12-10(14)15)4-7-2-3-11-9(7)13-6/h2-4,12H,5H2,1H3,(H,11,13)(H,14,15). The highest BCUT2D eigenvalue weighted by Gasteiger charge is 2.04. The number of pyridine rings is 1. The summed E-state index contributed by atoms with van der Waals surface area (Å²) in [7, 11) is 0. The van der Waals surface area contributed by atoms with E-state index in [1.54, 1.807) is 0 Å². The summed E-state index contributed by atoms with van der Waals surface area (Å²) in [6.45, 7) is 2.15. The van der Waals surface area contributed by atoms with Crippen LogP contribution in [-0.4, -0.2) is 21.2 Å². The van der Waals surface area contributed by atoms with Crippen molar-refractivity contribution in [2.75, 3.05) is 0 Å². The van der Waals surface area contributed by atoms with E-state index >= 15 is 0 Å². The zero-order valence-corrected chi connectivity index (χ0v) is 8.24. The quantitative estimate of drug-likeness (QED) is 0.697. The first-order chi connectivity index (χ1) is 7.16. The predicted molar refractivity (Wildman–Crippen MR) is 55.7 cm³/mol. The molecule has 0 aliphatic rings. The number of aromatic amines is 1. The van der Waals surface area contributed by atoms with Crippen molar-refractivity contribution in [1.29, 1.82) is 0 Å². The third kappa shape index (κ3) is 1.90. The lowest BCUT2D eigenvalue weighted by atomic mass is 10.1. The lowest BCUT2D eigenvalue weighted by molar-refractivity contribution is 0.194. The number of nitrogens with one attached hydrogen (secondary N) is 2. The van der Waals surface area contributed by atoms with Gasteiger partial charge < -0.3 is 15.4 Å². The van der Waals surface area contributed by atoms with Crippen molar-refractivity contribution in [2.45, 2.75) is 13.5 Å². The first kappa shape index (κ1) is 9.51. The Morgan fingerprint density at radius 3 is 3.20 bits per heavy atom. The molecule has 3 N–H and O–H groups in total. The SMILES string of the molecule is Cc1nc2[nH]ccc2cc1CNC(=O)O. The number of amides is 1. The Morgan fingerprint density at radius 2 is 2.47 bits per heavy atom. The average Bonchev–Trinajstić information content (AvgIpc) is 2.60. The van der Waals surface area contributed by atoms with Crippen molar-refractivity contribution < 1.29 is 9.90 Å². The van der Waals surface area contributed by atoms with Gasteiger partial charge in [0.15, 0.2) is 0 Å². The molecule has 0 unspecified atom stereocenters. The first-order valence-corrected chi connectivity index (χ1v) is 4.57. The van der Waals surface area contributed by atoms with Crippen LogP contribution >= 0.6 is 0 Å². The van der Waals surface area contributed by atoms with Gasteiger partial charge in [0.1, 0.15) is 5.65 Å². The highest BCUT2D eigenvalue weighted by Crippen LogP contribution is 2.14. The maximum absolute atomic E-state index is 10.4. The van der Waals surface area contributed by atoms with Crippen LogP contribution in [0.1, 0.15) is 11.3 Å². The van der Waals surface area contributed by atoms with Gasteiger partial charge in [-0.2, -0.15) is 0 Å². The van der Waals surface area contributed by atoms with Gasteiger partial charge in [-0.1, -0.05) is 0 Å². The zero-order valence-electron chi connectivity index (χ0n) is 8.24. The molecular formula is C10H11N3O2. The third-order valence-corrected chi connectivity index (χ3v) is 2.26. The van der Waals surface area contributed by atoms with Gasteiger partial charge in [0.2, 0.25) is 0 Å². The average molecular weight is 205 g/mol. The molecule has 0 saturated heterocycles. The van der Waals surface area contributed by atoms with Crippen LogP contribution in [0.2, 0.25) is 0 Å². The summed E-state index contributed by atoms with van der Waals surface area (Å²) in [4.78, 5) is 17.7. The Kier molecular flexibility index (Phi) is 2.29. The van der Waals surface area contributed by atoms with Crippen LogP contribution in [0.5, 0.6) is 0 Å². The van der Waals surface area contributed by atoms with Crippen molar-refractivity contribution in [3.63, 3.8) is 0 Å². The van der Waals surface area contributed by atoms with E-state index in [0.29, 0.717) is 0 Å². The molecule has 2 rings (SSSR count). The number of nitrogens with zero attached hydrogens (tertiary/aromatic N) is 1. The smallest absolute Gasteiger partial charge is 0.404 e. The lowest BCUT2D eigenvalue weighted by Crippen LogP contribution is -2.20. The number of hydrogen-bond acceptors (Lipinski definition) is 2. The van der Waals surface area contributed by atoms with Crippen LogP contribution in [0.25, 0.3) is 11.0 Å². The molecule has 78 valence electrons. The number of aryl methyl sites for hydroxylation is 1. The first-order valence-electron chi connectivity index (χ1n) is 4.57. The summed E-state index contributed by atoms with van der Waals surface area (Å²) in [5, 5.41) is 11.8. The summed E-state index contributed by atoms with van der Waals surface area (Å²) in [6.07, 6.45) is 0.787. The second kappa shape index (κ2) is 3.61. The number of aromatic nitrogens is 2. The molecule has 2 aromatic heterocycles. The number of carbonyl (C=O) groups is 1. The third-order valence-electron chi connectivity index (χ3n) is 2.26. The zero-order chi connectivity index (χ0) is 10.8. The van der Waals surface area contributed by atoms with E-state index in [-0.39, 0.29) is 6.54 Å². The Labute approximate surface area is 86.1 Å². The van der Waals surface area contributed by atoms with E-state index in [9.17, 15) is 4.79 Å². The molecule has 0 radical (unpaired) electrons. The fourth-order valence-electron chi connectivity index (χ4n) is 1.47. The number of carboxylic acid groups (broad SMARTS) is 1. The summed E-state index contributed by atoms with van der Waals surface area (Å²) < 4.78 is 0. The summed E-state index contributed by atoms with van der Waals surface area (Å²) >= 11 is 0. The Bertz CT molecular complexity index is 504. The fraction of sp³-hybridized carbons (Fsp3) is 0.200. The highest BCUT2D eigenvalue weighted by molar-refractivity contribution is 5.76. The summed E-state index contributed by atoms with van der Waals surface area (Å²) in [5.41, 5.74) is 2.55. The van der Waals surface area contributed by atoms with Gasteiger partial charge in [-0.05, 0) is 24.6 Å². The molecule has 0 aromatic carbocycles. The van der Waals surface area contributed by atoms with Gasteiger partial charge in [0.05, 0.1) is 0 Å². The maximum Gasteiger partial charge on any atom is 0.404 e. The Balaban J connectivity index is 2.33. The van der Waals surface area contributed by atoms with Gasteiger partial charge >= 0.3 is 6.09 Å². The molecule has 0 bridgehead atoms. The molecule has 0 saturated carbocycles. The minimum Gasteiger partial charge on any atom is -0.465 e. The maximum atomic E-state index is 10.4. The molecule has 5 heteroatoms. The molecule has 2 aromatic rings. The largest absolute Gasteiger partial charge is 0.465 e. The Hall–Kier alpha value is -2.04. The minimum atomic E-state index is -1.02. The van der Waals surface area contributed by atoms with Crippen LogP contribution in [-0.2, 0) is 6.54 Å². The van der Waals surface area contributed by atoms with Crippen LogP contribution in [0, 0.1) is 6.92 Å². The predicted octanol–water partition coefficient (Wildman–Crippen LogP) is 1.64.